The molecule has 4 aromatic rings. The predicted molar refractivity (Wildman–Crippen MR) is 199 cm³/mol. The Morgan fingerprint density at radius 1 is 0.489 bits per heavy atom. The number of rotatable bonds is 10. The van der Waals surface area contributed by atoms with Gasteiger partial charge in [-0.3, -0.25) is 0 Å². The first-order valence-corrected chi connectivity index (χ1v) is 19.8. The van der Waals surface area contributed by atoms with Crippen molar-refractivity contribution in [2.24, 2.45) is 23.7 Å². The number of hydrogen-bond acceptors (Lipinski definition) is 2. The van der Waals surface area contributed by atoms with Crippen LogP contribution in [-0.2, 0) is 0 Å². The van der Waals surface area contributed by atoms with Gasteiger partial charge in [0.1, 0.15) is 0 Å². The largest absolute Gasteiger partial charge is 0.306 e. The Labute approximate surface area is 275 Å². The predicted octanol–water partition coefficient (Wildman–Crippen LogP) is 8.95. The summed E-state index contributed by atoms with van der Waals surface area (Å²) in [5, 5.41) is 5.83. The zero-order valence-electron chi connectivity index (χ0n) is 27.7. The van der Waals surface area contributed by atoms with Gasteiger partial charge < -0.3 is 4.90 Å². The van der Waals surface area contributed by atoms with Crippen LogP contribution in [0.25, 0.3) is 0 Å². The van der Waals surface area contributed by atoms with E-state index in [-0.39, 0.29) is 0 Å². The van der Waals surface area contributed by atoms with E-state index in [0.29, 0.717) is 12.0 Å². The summed E-state index contributed by atoms with van der Waals surface area (Å²) in [5.74, 6) is 3.21. The highest BCUT2D eigenvalue weighted by atomic mass is 31.2. The summed E-state index contributed by atoms with van der Waals surface area (Å²) < 4.78 is 3.06. The molecule has 0 spiro atoms. The van der Waals surface area contributed by atoms with Gasteiger partial charge in [0.25, 0.3) is 0 Å². The SMILES string of the molecule is CC1CC(CC2CCC(N(P(c3ccccc3)c3ccccc3)P(c3ccccc3)c3ccccc3)C(C)C2)CCC1N(C)C. The second kappa shape index (κ2) is 15.5. The van der Waals surface area contributed by atoms with Gasteiger partial charge in [0.15, 0.2) is 0 Å². The summed E-state index contributed by atoms with van der Waals surface area (Å²) in [6.45, 7) is 5.08. The first-order chi connectivity index (χ1) is 22.0. The minimum atomic E-state index is -0.741. The molecule has 236 valence electrons. The van der Waals surface area contributed by atoms with Gasteiger partial charge in [-0.25, -0.2) is 4.44 Å². The molecule has 0 N–H and O–H groups in total. The first kappa shape index (κ1) is 32.6. The molecule has 2 fully saturated rings. The van der Waals surface area contributed by atoms with Crippen molar-refractivity contribution in [3.63, 3.8) is 0 Å². The van der Waals surface area contributed by atoms with Gasteiger partial charge in [0, 0.05) is 28.2 Å². The Balaban J connectivity index is 1.36. The molecular formula is C41H52N2P2. The molecule has 2 nitrogen and oxygen atoms in total. The minimum Gasteiger partial charge on any atom is -0.306 e. The lowest BCUT2D eigenvalue weighted by Crippen LogP contribution is -2.44. The Morgan fingerprint density at radius 2 is 0.822 bits per heavy atom. The van der Waals surface area contributed by atoms with Crippen LogP contribution < -0.4 is 21.2 Å². The summed E-state index contributed by atoms with van der Waals surface area (Å²) >= 11 is 0. The third kappa shape index (κ3) is 7.80. The smallest absolute Gasteiger partial charge is 0.0325 e. The topological polar surface area (TPSA) is 6.48 Å². The zero-order valence-corrected chi connectivity index (χ0v) is 29.5. The number of benzene rings is 4. The van der Waals surface area contributed by atoms with Gasteiger partial charge in [-0.2, -0.15) is 0 Å². The van der Waals surface area contributed by atoms with Crippen LogP contribution in [0.4, 0.5) is 0 Å². The van der Waals surface area contributed by atoms with Gasteiger partial charge in [0.05, 0.1) is 0 Å². The number of nitrogens with zero attached hydrogens (tertiary/aromatic N) is 2. The Kier molecular flexibility index (Phi) is 11.2. The Morgan fingerprint density at radius 3 is 1.13 bits per heavy atom. The molecule has 6 atom stereocenters. The van der Waals surface area contributed by atoms with Crippen LogP contribution in [0.3, 0.4) is 0 Å². The van der Waals surface area contributed by atoms with Crippen LogP contribution >= 0.6 is 16.1 Å². The molecule has 4 aromatic carbocycles. The van der Waals surface area contributed by atoms with E-state index in [4.69, 9.17) is 0 Å². The second-order valence-electron chi connectivity index (χ2n) is 13.9. The monoisotopic (exact) mass is 634 g/mol. The van der Waals surface area contributed by atoms with E-state index in [9.17, 15) is 0 Å². The Hall–Kier alpha value is -2.34. The van der Waals surface area contributed by atoms with E-state index in [1.807, 2.05) is 0 Å². The van der Waals surface area contributed by atoms with Crippen LogP contribution in [-0.4, -0.2) is 35.5 Å². The van der Waals surface area contributed by atoms with Crippen LogP contribution in [0.15, 0.2) is 121 Å². The third-order valence-electron chi connectivity index (χ3n) is 10.5. The fourth-order valence-corrected chi connectivity index (χ4v) is 15.0. The molecule has 6 rings (SSSR count). The minimum absolute atomic E-state index is 0.530. The standard InChI is InChI=1S/C41H52N2P2/c1-32-29-34(25-27-40(32)42(3)4)31-35-26-28-41(33(2)30-35)43(44(36-17-9-5-10-18-36)37-19-11-6-12-20-37)45(38-21-13-7-14-22-38)39-23-15-8-16-24-39/h5-24,32-35,40-41H,25-31H2,1-4H3. The summed E-state index contributed by atoms with van der Waals surface area (Å²) in [5.41, 5.74) is 0. The van der Waals surface area contributed by atoms with Gasteiger partial charge in [-0.05, 0) is 104 Å². The van der Waals surface area contributed by atoms with E-state index in [2.05, 4.69) is 159 Å². The van der Waals surface area contributed by atoms with E-state index < -0.39 is 16.1 Å². The van der Waals surface area contributed by atoms with E-state index in [0.717, 1.165) is 23.8 Å². The van der Waals surface area contributed by atoms with Crippen molar-refractivity contribution in [3.8, 4) is 0 Å². The maximum Gasteiger partial charge on any atom is 0.0325 e. The highest BCUT2D eigenvalue weighted by Crippen LogP contribution is 2.59. The maximum absolute atomic E-state index is 3.06. The summed E-state index contributed by atoms with van der Waals surface area (Å²) in [6, 6.07) is 47.0. The van der Waals surface area contributed by atoms with Gasteiger partial charge in [-0.15, -0.1) is 0 Å². The normalized spacial score (nSPS) is 25.7. The van der Waals surface area contributed by atoms with E-state index in [1.165, 1.54) is 66.2 Å². The molecule has 6 unspecified atom stereocenters. The van der Waals surface area contributed by atoms with Crippen molar-refractivity contribution in [1.82, 2.24) is 9.34 Å². The fourth-order valence-electron chi connectivity index (χ4n) is 8.43. The molecule has 0 bridgehead atoms. The summed E-state index contributed by atoms with van der Waals surface area (Å²) in [4.78, 5) is 2.47. The van der Waals surface area contributed by atoms with Crippen molar-refractivity contribution in [2.75, 3.05) is 14.1 Å². The van der Waals surface area contributed by atoms with Crippen molar-refractivity contribution >= 4 is 37.4 Å². The van der Waals surface area contributed by atoms with Crippen LogP contribution in [0, 0.1) is 23.7 Å². The molecule has 0 amide bonds. The van der Waals surface area contributed by atoms with E-state index in [1.54, 1.807) is 0 Å². The highest BCUT2D eigenvalue weighted by molar-refractivity contribution is 7.84. The highest BCUT2D eigenvalue weighted by Gasteiger charge is 2.42. The molecule has 0 saturated heterocycles. The van der Waals surface area contributed by atoms with Crippen LogP contribution in [0.2, 0.25) is 0 Å². The average Bonchev–Trinajstić information content (AvgIpc) is 3.06. The summed E-state index contributed by atoms with van der Waals surface area (Å²) in [7, 11) is 3.06. The molecule has 2 saturated carbocycles. The molecule has 4 heteroatoms. The summed E-state index contributed by atoms with van der Waals surface area (Å²) in [6.07, 6.45) is 9.60. The van der Waals surface area contributed by atoms with E-state index >= 15 is 0 Å². The average molecular weight is 635 g/mol. The molecule has 2 aliphatic rings. The third-order valence-corrected chi connectivity index (χ3v) is 16.1. The van der Waals surface area contributed by atoms with Gasteiger partial charge in [0.2, 0.25) is 0 Å². The van der Waals surface area contributed by atoms with Crippen molar-refractivity contribution in [2.45, 2.75) is 70.9 Å². The molecule has 45 heavy (non-hydrogen) atoms. The fraction of sp³-hybridized carbons (Fsp3) is 0.415. The lowest BCUT2D eigenvalue weighted by atomic mass is 9.70. The zero-order chi connectivity index (χ0) is 31.2. The lowest BCUT2D eigenvalue weighted by molar-refractivity contribution is 0.106. The van der Waals surface area contributed by atoms with Crippen LogP contribution in [0.1, 0.15) is 58.8 Å². The lowest BCUT2D eigenvalue weighted by Gasteiger charge is -2.49. The molecule has 0 aromatic heterocycles. The number of hydrogen-bond donors (Lipinski definition) is 0. The molecular weight excluding hydrogens is 582 g/mol. The Bertz CT molecular complexity index is 1270. The van der Waals surface area contributed by atoms with Crippen molar-refractivity contribution < 1.29 is 0 Å². The first-order valence-electron chi connectivity index (χ1n) is 17.3. The van der Waals surface area contributed by atoms with Crippen molar-refractivity contribution in [3.05, 3.63) is 121 Å². The van der Waals surface area contributed by atoms with Crippen molar-refractivity contribution in [1.29, 1.82) is 0 Å². The van der Waals surface area contributed by atoms with Crippen LogP contribution in [0.5, 0.6) is 0 Å². The quantitative estimate of drug-likeness (QED) is 0.161. The molecule has 0 radical (unpaired) electrons. The van der Waals surface area contributed by atoms with Gasteiger partial charge in [-0.1, -0.05) is 135 Å². The van der Waals surface area contributed by atoms with Gasteiger partial charge >= 0.3 is 0 Å². The maximum atomic E-state index is 3.06. The molecule has 0 heterocycles. The molecule has 0 aliphatic heterocycles. The molecule has 2 aliphatic carbocycles. The second-order valence-corrected chi connectivity index (χ2v) is 18.4.